The third-order valence-electron chi connectivity index (χ3n) is 2.12. The number of nitrogens with one attached hydrogen (secondary N) is 1. The number of hydrogen-bond donors (Lipinski definition) is 1. The topological polar surface area (TPSA) is 21.3 Å². The fourth-order valence-electron chi connectivity index (χ4n) is 1.34. The molecule has 1 rings (SSSR count). The van der Waals surface area contributed by atoms with E-state index in [0.717, 1.165) is 30.8 Å². The molecule has 0 aromatic heterocycles. The van der Waals surface area contributed by atoms with Crippen LogP contribution in [0, 0.1) is 12.3 Å². The molecule has 0 unspecified atom stereocenters. The van der Waals surface area contributed by atoms with Crippen LogP contribution in [0.15, 0.2) is 36.9 Å². The molecule has 0 fully saturated rings. The third kappa shape index (κ3) is 4.20. The van der Waals surface area contributed by atoms with E-state index < -0.39 is 0 Å². The van der Waals surface area contributed by atoms with Crippen molar-refractivity contribution in [3.05, 3.63) is 42.5 Å². The van der Waals surface area contributed by atoms with Crippen LogP contribution >= 0.6 is 0 Å². The predicted octanol–water partition coefficient (Wildman–Crippen LogP) is 2.36. The molecular formula is C14H17NO. The van der Waals surface area contributed by atoms with Crippen LogP contribution in [-0.4, -0.2) is 13.2 Å². The van der Waals surface area contributed by atoms with Crippen LogP contribution < -0.4 is 10.1 Å². The molecule has 1 N–H and O–H groups in total. The van der Waals surface area contributed by atoms with Crippen molar-refractivity contribution in [3.63, 3.8) is 0 Å². The van der Waals surface area contributed by atoms with Crippen molar-refractivity contribution < 1.29 is 4.74 Å². The van der Waals surface area contributed by atoms with E-state index in [1.54, 1.807) is 0 Å². The first-order valence-corrected chi connectivity index (χ1v) is 5.34. The highest BCUT2D eigenvalue weighted by molar-refractivity contribution is 5.33. The normalized spacial score (nSPS) is 9.44. The smallest absolute Gasteiger partial charge is 0.148 e. The van der Waals surface area contributed by atoms with Gasteiger partial charge in [-0.3, -0.25) is 0 Å². The standard InChI is InChI=1S/C14H17NO/c1-3-5-10-15-12-13-8-6-7-9-14(13)16-11-4-2/h2-3,6-9,15H,1,5,10-12H2. The largest absolute Gasteiger partial charge is 0.481 e. The quantitative estimate of drug-likeness (QED) is 0.428. The number of terminal acetylenes is 1. The second-order valence-electron chi connectivity index (χ2n) is 3.35. The number of ether oxygens (including phenoxy) is 1. The van der Waals surface area contributed by atoms with Gasteiger partial charge in [0.15, 0.2) is 0 Å². The zero-order valence-electron chi connectivity index (χ0n) is 9.41. The van der Waals surface area contributed by atoms with Gasteiger partial charge in [0.1, 0.15) is 12.4 Å². The van der Waals surface area contributed by atoms with Gasteiger partial charge in [0.05, 0.1) is 0 Å². The zero-order valence-corrected chi connectivity index (χ0v) is 9.41. The van der Waals surface area contributed by atoms with E-state index in [0.29, 0.717) is 6.61 Å². The Morgan fingerprint density at radius 1 is 1.44 bits per heavy atom. The average Bonchev–Trinajstić information content (AvgIpc) is 2.33. The maximum atomic E-state index is 5.45. The van der Waals surface area contributed by atoms with Crippen molar-refractivity contribution in [2.24, 2.45) is 0 Å². The highest BCUT2D eigenvalue weighted by Crippen LogP contribution is 2.17. The summed E-state index contributed by atoms with van der Waals surface area (Å²) < 4.78 is 5.45. The zero-order chi connectivity index (χ0) is 11.6. The summed E-state index contributed by atoms with van der Waals surface area (Å²) in [4.78, 5) is 0. The molecule has 0 heterocycles. The van der Waals surface area contributed by atoms with Gasteiger partial charge in [-0.15, -0.1) is 13.0 Å². The molecule has 0 saturated carbocycles. The van der Waals surface area contributed by atoms with Crippen LogP contribution in [0.2, 0.25) is 0 Å². The monoisotopic (exact) mass is 215 g/mol. The Hall–Kier alpha value is -1.72. The molecule has 0 atom stereocenters. The molecule has 0 aliphatic rings. The summed E-state index contributed by atoms with van der Waals surface area (Å²) in [6, 6.07) is 7.90. The SMILES string of the molecule is C#CCOc1ccccc1CNCCC=C. The van der Waals surface area contributed by atoms with Crippen LogP contribution in [0.5, 0.6) is 5.75 Å². The molecule has 84 valence electrons. The van der Waals surface area contributed by atoms with Crippen molar-refractivity contribution in [3.8, 4) is 18.1 Å². The van der Waals surface area contributed by atoms with E-state index in [-0.39, 0.29) is 0 Å². The Morgan fingerprint density at radius 2 is 2.25 bits per heavy atom. The van der Waals surface area contributed by atoms with Crippen LogP contribution in [0.1, 0.15) is 12.0 Å². The first kappa shape index (κ1) is 12.4. The minimum atomic E-state index is 0.309. The predicted molar refractivity (Wildman–Crippen MR) is 67.3 cm³/mol. The van der Waals surface area contributed by atoms with E-state index in [1.165, 1.54) is 0 Å². The molecule has 0 radical (unpaired) electrons. The van der Waals surface area contributed by atoms with Gasteiger partial charge in [0.2, 0.25) is 0 Å². The fourth-order valence-corrected chi connectivity index (χ4v) is 1.34. The second-order valence-corrected chi connectivity index (χ2v) is 3.35. The number of hydrogen-bond acceptors (Lipinski definition) is 2. The van der Waals surface area contributed by atoms with Gasteiger partial charge in [-0.2, -0.15) is 0 Å². The minimum Gasteiger partial charge on any atom is -0.481 e. The lowest BCUT2D eigenvalue weighted by Crippen LogP contribution is -2.14. The summed E-state index contributed by atoms with van der Waals surface area (Å²) in [5.41, 5.74) is 1.13. The van der Waals surface area contributed by atoms with E-state index in [4.69, 9.17) is 11.2 Å². The molecule has 0 aliphatic carbocycles. The van der Waals surface area contributed by atoms with Crippen molar-refractivity contribution >= 4 is 0 Å². The summed E-state index contributed by atoms with van der Waals surface area (Å²) in [7, 11) is 0. The average molecular weight is 215 g/mol. The molecule has 16 heavy (non-hydrogen) atoms. The Bertz CT molecular complexity index is 365. The Balaban J connectivity index is 2.50. The molecule has 1 aromatic rings. The van der Waals surface area contributed by atoms with Gasteiger partial charge >= 0.3 is 0 Å². The summed E-state index contributed by atoms with van der Waals surface area (Å²) in [5.74, 6) is 3.32. The molecule has 1 aromatic carbocycles. The first-order chi connectivity index (χ1) is 7.88. The van der Waals surface area contributed by atoms with Gasteiger partial charge in [-0.25, -0.2) is 0 Å². The van der Waals surface area contributed by atoms with Crippen molar-refractivity contribution in [2.45, 2.75) is 13.0 Å². The summed E-state index contributed by atoms with van der Waals surface area (Å²) in [6.07, 6.45) is 8.03. The number of para-hydroxylation sites is 1. The molecule has 0 bridgehead atoms. The number of rotatable bonds is 7. The summed E-state index contributed by atoms with van der Waals surface area (Å²) in [5, 5.41) is 3.32. The van der Waals surface area contributed by atoms with E-state index >= 15 is 0 Å². The van der Waals surface area contributed by atoms with Gasteiger partial charge < -0.3 is 10.1 Å². The lowest BCUT2D eigenvalue weighted by atomic mass is 10.2. The van der Waals surface area contributed by atoms with E-state index in [9.17, 15) is 0 Å². The molecule has 0 saturated heterocycles. The van der Waals surface area contributed by atoms with Crippen LogP contribution in [-0.2, 0) is 6.54 Å². The maximum Gasteiger partial charge on any atom is 0.148 e. The maximum absolute atomic E-state index is 5.45. The first-order valence-electron chi connectivity index (χ1n) is 5.34. The second kappa shape index (κ2) is 7.56. The highest BCUT2D eigenvalue weighted by Gasteiger charge is 2.00. The minimum absolute atomic E-state index is 0.309. The van der Waals surface area contributed by atoms with Crippen molar-refractivity contribution in [2.75, 3.05) is 13.2 Å². The van der Waals surface area contributed by atoms with Gasteiger partial charge in [-0.05, 0) is 19.0 Å². The van der Waals surface area contributed by atoms with Crippen molar-refractivity contribution in [1.29, 1.82) is 0 Å². The van der Waals surface area contributed by atoms with Crippen LogP contribution in [0.4, 0.5) is 0 Å². The highest BCUT2D eigenvalue weighted by atomic mass is 16.5. The summed E-state index contributed by atoms with van der Waals surface area (Å²) >= 11 is 0. The van der Waals surface area contributed by atoms with Gasteiger partial charge in [0.25, 0.3) is 0 Å². The molecule has 0 spiro atoms. The lowest BCUT2D eigenvalue weighted by Gasteiger charge is -2.09. The van der Waals surface area contributed by atoms with Crippen LogP contribution in [0.3, 0.4) is 0 Å². The Morgan fingerprint density at radius 3 is 3.00 bits per heavy atom. The van der Waals surface area contributed by atoms with Crippen LogP contribution in [0.25, 0.3) is 0 Å². The molecule has 2 heteroatoms. The molecule has 2 nitrogen and oxygen atoms in total. The Kier molecular flexibility index (Phi) is 5.83. The summed E-state index contributed by atoms with van der Waals surface area (Å²) in [6.45, 7) is 5.70. The molecular weight excluding hydrogens is 198 g/mol. The van der Waals surface area contributed by atoms with E-state index in [1.807, 2.05) is 30.3 Å². The third-order valence-corrected chi connectivity index (χ3v) is 2.12. The van der Waals surface area contributed by atoms with Gasteiger partial charge in [0, 0.05) is 12.1 Å². The van der Waals surface area contributed by atoms with E-state index in [2.05, 4.69) is 17.8 Å². The molecule has 0 amide bonds. The Labute approximate surface area is 97.3 Å². The van der Waals surface area contributed by atoms with Gasteiger partial charge in [-0.1, -0.05) is 30.2 Å². The molecule has 0 aliphatic heterocycles. The fraction of sp³-hybridized carbons (Fsp3) is 0.286. The number of benzene rings is 1. The van der Waals surface area contributed by atoms with Crippen molar-refractivity contribution in [1.82, 2.24) is 5.32 Å². The lowest BCUT2D eigenvalue weighted by molar-refractivity contribution is 0.365.